The maximum absolute atomic E-state index is 14.1. The number of allylic oxidation sites excluding steroid dienone is 4. The van der Waals surface area contributed by atoms with Crippen LogP contribution in [0.15, 0.2) is 23.1 Å². The fourth-order valence-corrected chi connectivity index (χ4v) is 6.74. The summed E-state index contributed by atoms with van der Waals surface area (Å²) in [7, 11) is 0. The van der Waals surface area contributed by atoms with Crippen molar-refractivity contribution in [3.05, 3.63) is 39.8 Å². The molecule has 0 saturated carbocycles. The molecule has 0 aromatic heterocycles. The molecule has 1 saturated heterocycles. The Morgan fingerprint density at radius 2 is 1.78 bits per heavy atom. The quantitative estimate of drug-likeness (QED) is 0.194. The summed E-state index contributed by atoms with van der Waals surface area (Å²) in [6.07, 6.45) is 6.48. The van der Waals surface area contributed by atoms with Crippen molar-refractivity contribution in [3.8, 4) is 17.2 Å². The van der Waals surface area contributed by atoms with Crippen molar-refractivity contribution in [3.63, 3.8) is 0 Å². The number of Topliss-reactive ketones (excluding diaryl/α,β-unsaturated/α-hetero) is 2. The van der Waals surface area contributed by atoms with Crippen LogP contribution in [0.5, 0.6) is 17.2 Å². The third-order valence-electron chi connectivity index (χ3n) is 9.18. The number of phenols is 2. The monoisotopic (exact) mass is 567 g/mol. The minimum absolute atomic E-state index is 0.00753. The second-order valence-electron chi connectivity index (χ2n) is 13.2. The van der Waals surface area contributed by atoms with E-state index in [4.69, 9.17) is 9.47 Å². The molecule has 0 amide bonds. The normalized spacial score (nSPS) is 25.3. The van der Waals surface area contributed by atoms with Gasteiger partial charge in [-0.1, -0.05) is 20.3 Å². The molecule has 1 aromatic carbocycles. The summed E-state index contributed by atoms with van der Waals surface area (Å²) in [4.78, 5) is 39.7. The second-order valence-corrected chi connectivity index (χ2v) is 13.2. The van der Waals surface area contributed by atoms with Gasteiger partial charge in [0.1, 0.15) is 34.0 Å². The highest BCUT2D eigenvalue weighted by Crippen LogP contribution is 2.57. The van der Waals surface area contributed by atoms with Crippen LogP contribution in [-0.2, 0) is 19.7 Å². The van der Waals surface area contributed by atoms with Crippen LogP contribution in [0.1, 0.15) is 102 Å². The number of ketones is 3. The Hall–Kier alpha value is -3.13. The van der Waals surface area contributed by atoms with E-state index in [1.165, 1.54) is 19.9 Å². The van der Waals surface area contributed by atoms with Gasteiger partial charge in [0.15, 0.2) is 17.3 Å². The molecule has 3 aliphatic rings. The molecule has 224 valence electrons. The molecule has 4 rings (SSSR count). The Morgan fingerprint density at radius 1 is 1.10 bits per heavy atom. The smallest absolute Gasteiger partial charge is 0.194 e. The lowest BCUT2D eigenvalue weighted by atomic mass is 9.70. The zero-order valence-electron chi connectivity index (χ0n) is 25.7. The van der Waals surface area contributed by atoms with E-state index in [2.05, 4.69) is 33.0 Å². The number of hydrogen-bond acceptors (Lipinski definition) is 8. The Labute approximate surface area is 243 Å². The third kappa shape index (κ3) is 5.55. The first-order valence-electron chi connectivity index (χ1n) is 14.8. The van der Waals surface area contributed by atoms with E-state index >= 15 is 0 Å². The van der Waals surface area contributed by atoms with Gasteiger partial charge in [-0.05, 0) is 85.0 Å². The summed E-state index contributed by atoms with van der Waals surface area (Å²) in [5.74, 6) is -0.572. The van der Waals surface area contributed by atoms with Crippen LogP contribution >= 0.6 is 0 Å². The van der Waals surface area contributed by atoms with E-state index in [1.54, 1.807) is 13.8 Å². The Balaban J connectivity index is 1.61. The molecule has 1 fully saturated rings. The molecule has 2 unspecified atom stereocenters. The fourth-order valence-electron chi connectivity index (χ4n) is 6.74. The van der Waals surface area contributed by atoms with Crippen LogP contribution in [0, 0.1) is 24.7 Å². The average molecular weight is 568 g/mol. The van der Waals surface area contributed by atoms with Crippen LogP contribution in [0.2, 0.25) is 0 Å². The lowest BCUT2D eigenvalue weighted by Gasteiger charge is -2.39. The standard InChI is InChI=1S/C33H45NO7/c1-17(2)9-10-21(22-12-14-40-32(6,7)16-22)11-13-34-19(4)25-23(36)15-24-33(8,31(25)39)27-29(38)18(3)28(37)26(20(5)35)30(27)41-24/h15,17,21-22,34,37-38H,9-14,16H2,1-8H3/b25-19+/t21?,22?,33-/m0/s1. The number of aromatic hydroxyl groups is 2. The lowest BCUT2D eigenvalue weighted by molar-refractivity contribution is -0.123. The summed E-state index contributed by atoms with van der Waals surface area (Å²) >= 11 is 0. The molecule has 3 N–H and O–H groups in total. The molecule has 2 heterocycles. The van der Waals surface area contributed by atoms with Gasteiger partial charge in [-0.3, -0.25) is 14.4 Å². The van der Waals surface area contributed by atoms with Crippen molar-refractivity contribution in [2.45, 2.75) is 98.5 Å². The molecule has 1 aliphatic carbocycles. The van der Waals surface area contributed by atoms with Crippen LogP contribution in [-0.4, -0.2) is 46.3 Å². The Bertz CT molecular complexity index is 1340. The number of carbonyl (C=O) groups excluding carboxylic acids is 3. The number of rotatable bonds is 9. The predicted molar refractivity (Wildman–Crippen MR) is 156 cm³/mol. The van der Waals surface area contributed by atoms with Crippen molar-refractivity contribution in [2.24, 2.45) is 17.8 Å². The molecule has 8 heteroatoms. The fraction of sp³-hybridized carbons (Fsp3) is 0.606. The van der Waals surface area contributed by atoms with Crippen LogP contribution in [0.25, 0.3) is 0 Å². The first-order valence-corrected chi connectivity index (χ1v) is 14.8. The Morgan fingerprint density at radius 3 is 2.39 bits per heavy atom. The van der Waals surface area contributed by atoms with E-state index in [0.717, 1.165) is 38.7 Å². The highest BCUT2D eigenvalue weighted by Gasteiger charge is 2.56. The van der Waals surface area contributed by atoms with Gasteiger partial charge in [-0.15, -0.1) is 0 Å². The molecule has 0 radical (unpaired) electrons. The maximum atomic E-state index is 14.1. The van der Waals surface area contributed by atoms with E-state index in [9.17, 15) is 24.6 Å². The van der Waals surface area contributed by atoms with Gasteiger partial charge < -0.3 is 25.0 Å². The summed E-state index contributed by atoms with van der Waals surface area (Å²) in [5, 5.41) is 24.9. The van der Waals surface area contributed by atoms with E-state index in [0.29, 0.717) is 30.0 Å². The summed E-state index contributed by atoms with van der Waals surface area (Å²) < 4.78 is 11.8. The van der Waals surface area contributed by atoms with E-state index < -0.39 is 28.5 Å². The molecule has 2 aliphatic heterocycles. The highest BCUT2D eigenvalue weighted by atomic mass is 16.5. The Kier molecular flexibility index (Phi) is 8.47. The van der Waals surface area contributed by atoms with Gasteiger partial charge in [-0.25, -0.2) is 0 Å². The predicted octanol–water partition coefficient (Wildman–Crippen LogP) is 5.81. The molecule has 3 atom stereocenters. The highest BCUT2D eigenvalue weighted by molar-refractivity contribution is 6.31. The molecular formula is C33H45NO7. The molecular weight excluding hydrogens is 522 g/mol. The average Bonchev–Trinajstić information content (AvgIpc) is 3.16. The number of carbonyl (C=O) groups is 3. The van der Waals surface area contributed by atoms with Crippen molar-refractivity contribution in [1.82, 2.24) is 5.32 Å². The zero-order valence-corrected chi connectivity index (χ0v) is 25.7. The number of hydrogen-bond donors (Lipinski definition) is 3. The first kappa shape index (κ1) is 30.8. The van der Waals surface area contributed by atoms with E-state index in [-0.39, 0.29) is 45.1 Å². The first-order chi connectivity index (χ1) is 19.1. The molecule has 1 aromatic rings. The van der Waals surface area contributed by atoms with Gasteiger partial charge in [0.2, 0.25) is 0 Å². The molecule has 0 spiro atoms. The SMILES string of the molecule is CC(=O)c1c(O)c(C)c(O)c2c1OC1=CC(=O)/C(=C(/C)NCCC(CCC(C)C)C3CCOC(C)(C)C3)C(=O)[C@@]12C. The van der Waals surface area contributed by atoms with Crippen LogP contribution in [0.3, 0.4) is 0 Å². The summed E-state index contributed by atoms with van der Waals surface area (Å²) in [6, 6.07) is 0. The second kappa shape index (κ2) is 11.3. The lowest BCUT2D eigenvalue weighted by Crippen LogP contribution is -2.41. The van der Waals surface area contributed by atoms with E-state index in [1.807, 2.05) is 0 Å². The van der Waals surface area contributed by atoms with Crippen molar-refractivity contribution in [1.29, 1.82) is 0 Å². The third-order valence-corrected chi connectivity index (χ3v) is 9.18. The minimum atomic E-state index is -1.51. The topological polar surface area (TPSA) is 122 Å². The summed E-state index contributed by atoms with van der Waals surface area (Å²) in [6.45, 7) is 16.2. The van der Waals surface area contributed by atoms with Crippen LogP contribution < -0.4 is 10.1 Å². The number of benzene rings is 1. The van der Waals surface area contributed by atoms with Crippen molar-refractivity contribution >= 4 is 17.3 Å². The minimum Gasteiger partial charge on any atom is -0.507 e. The molecule has 8 nitrogen and oxygen atoms in total. The largest absolute Gasteiger partial charge is 0.507 e. The van der Waals surface area contributed by atoms with Crippen molar-refractivity contribution in [2.75, 3.05) is 13.2 Å². The number of phenolic OH excluding ortho intramolecular Hbond substituents is 2. The van der Waals surface area contributed by atoms with Gasteiger partial charge in [0.05, 0.1) is 16.7 Å². The number of ether oxygens (including phenoxy) is 2. The number of fused-ring (bicyclic) bond motifs is 3. The zero-order chi connectivity index (χ0) is 30.4. The molecule has 0 bridgehead atoms. The van der Waals surface area contributed by atoms with Gasteiger partial charge in [-0.2, -0.15) is 0 Å². The van der Waals surface area contributed by atoms with Crippen LogP contribution in [0.4, 0.5) is 0 Å². The summed E-state index contributed by atoms with van der Waals surface area (Å²) in [5.41, 5.74) is -1.10. The van der Waals surface area contributed by atoms with Gasteiger partial charge >= 0.3 is 0 Å². The molecule has 41 heavy (non-hydrogen) atoms. The van der Waals surface area contributed by atoms with Gasteiger partial charge in [0.25, 0.3) is 0 Å². The van der Waals surface area contributed by atoms with Crippen molar-refractivity contribution < 1.29 is 34.1 Å². The van der Waals surface area contributed by atoms with Gasteiger partial charge in [0, 0.05) is 30.5 Å². The number of nitrogens with one attached hydrogen (secondary N) is 1. The maximum Gasteiger partial charge on any atom is 0.194 e.